The Bertz CT molecular complexity index is 2060. The monoisotopic (exact) mass is 688 g/mol. The second kappa shape index (κ2) is 14.5. The normalized spacial score (nSPS) is 17.5. The van der Waals surface area contributed by atoms with Gasteiger partial charge in [-0.1, -0.05) is 52.8 Å². The fraction of sp³-hybridized carbons (Fsp3) is 0.476. The molecule has 51 heavy (non-hydrogen) atoms. The first-order valence-electron chi connectivity index (χ1n) is 19.2. The molecule has 0 radical (unpaired) electrons. The van der Waals surface area contributed by atoms with Crippen LogP contribution in [-0.2, 0) is 16.2 Å². The average Bonchev–Trinajstić information content (AvgIpc) is 3.91. The van der Waals surface area contributed by atoms with Crippen LogP contribution in [0.15, 0.2) is 48.7 Å². The number of hydrogen-bond donors (Lipinski definition) is 2. The van der Waals surface area contributed by atoms with E-state index in [4.69, 9.17) is 14.7 Å². The number of fused-ring (bicyclic) bond motifs is 6. The van der Waals surface area contributed by atoms with Crippen LogP contribution >= 0.6 is 0 Å². The Labute approximate surface area is 301 Å². The van der Waals surface area contributed by atoms with Crippen molar-refractivity contribution in [3.8, 4) is 28.1 Å². The second-order valence-electron chi connectivity index (χ2n) is 14.4. The van der Waals surface area contributed by atoms with Crippen LogP contribution in [0.25, 0.3) is 44.2 Å². The van der Waals surface area contributed by atoms with Crippen LogP contribution in [-0.4, -0.2) is 53.6 Å². The highest BCUT2D eigenvalue weighted by atomic mass is 16.5. The highest BCUT2D eigenvalue weighted by Crippen LogP contribution is 2.44. The summed E-state index contributed by atoms with van der Waals surface area (Å²) in [6.07, 6.45) is 9.40. The maximum absolute atomic E-state index is 13.2. The Morgan fingerprint density at radius 1 is 0.961 bits per heavy atom. The van der Waals surface area contributed by atoms with Gasteiger partial charge in [0.25, 0.3) is 0 Å². The van der Waals surface area contributed by atoms with Gasteiger partial charge in [-0.25, -0.2) is 9.97 Å². The summed E-state index contributed by atoms with van der Waals surface area (Å²) < 4.78 is 6.42. The van der Waals surface area contributed by atoms with Gasteiger partial charge in [-0.05, 0) is 98.2 Å². The molecule has 1 fully saturated rings. The van der Waals surface area contributed by atoms with Crippen molar-refractivity contribution in [2.45, 2.75) is 130 Å². The molecule has 5 aromatic rings. The standard InChI is InChI=1S/C42H52N6O3/c1-7-12-38(49)47(29(9-3)10-4)25(6)41-43-23-35(45-41)27-14-17-31-28(20-27)24-51-37-22-32-26(21-33(31)37)15-18-34-40(32)46-42(44-34)36-19-16-30(11-5)48(36)39(50)13-8-2/h14-15,17-18,20-23,25,29-30,36H,7-13,16,19,24H2,1-6H3,(H,43,45)(H,44,46)/t25-,30-,36-/m0/s1. The summed E-state index contributed by atoms with van der Waals surface area (Å²) in [5.41, 5.74) is 7.20. The topological polar surface area (TPSA) is 107 Å². The quantitative estimate of drug-likeness (QED) is 0.136. The smallest absolute Gasteiger partial charge is 0.223 e. The molecule has 0 saturated carbocycles. The summed E-state index contributed by atoms with van der Waals surface area (Å²) in [6.45, 7) is 13.1. The molecule has 268 valence electrons. The Hall–Kier alpha value is -4.66. The lowest BCUT2D eigenvalue weighted by Gasteiger charge is -2.35. The molecule has 2 aliphatic rings. The number of nitrogens with zero attached hydrogens (tertiary/aromatic N) is 4. The number of aromatic nitrogens is 4. The number of aromatic amines is 2. The Kier molecular flexibility index (Phi) is 9.90. The van der Waals surface area contributed by atoms with E-state index in [1.807, 2.05) is 11.1 Å². The molecule has 0 spiro atoms. The summed E-state index contributed by atoms with van der Waals surface area (Å²) >= 11 is 0. The van der Waals surface area contributed by atoms with Crippen molar-refractivity contribution in [2.24, 2.45) is 0 Å². The van der Waals surface area contributed by atoms with Gasteiger partial charge in [0.1, 0.15) is 24.0 Å². The Morgan fingerprint density at radius 2 is 1.76 bits per heavy atom. The number of amides is 2. The van der Waals surface area contributed by atoms with Gasteiger partial charge in [-0.3, -0.25) is 9.59 Å². The van der Waals surface area contributed by atoms with Gasteiger partial charge in [0.2, 0.25) is 11.8 Å². The van der Waals surface area contributed by atoms with E-state index in [1.165, 1.54) is 0 Å². The van der Waals surface area contributed by atoms with Gasteiger partial charge < -0.3 is 24.5 Å². The molecule has 9 heteroatoms. The van der Waals surface area contributed by atoms with Crippen LogP contribution in [0, 0.1) is 0 Å². The molecule has 2 aliphatic heterocycles. The summed E-state index contributed by atoms with van der Waals surface area (Å²) in [5, 5.41) is 2.15. The molecule has 2 N–H and O–H groups in total. The predicted octanol–water partition coefficient (Wildman–Crippen LogP) is 9.79. The highest BCUT2D eigenvalue weighted by Gasteiger charge is 2.38. The van der Waals surface area contributed by atoms with Crippen LogP contribution in [0.5, 0.6) is 5.75 Å². The maximum atomic E-state index is 13.2. The molecule has 9 nitrogen and oxygen atoms in total. The van der Waals surface area contributed by atoms with E-state index in [2.05, 4.69) is 98.9 Å². The fourth-order valence-electron chi connectivity index (χ4n) is 8.49. The first-order chi connectivity index (χ1) is 24.8. The van der Waals surface area contributed by atoms with Crippen LogP contribution in [0.4, 0.5) is 0 Å². The third-order valence-electron chi connectivity index (χ3n) is 11.2. The molecular formula is C42H52N6O3. The summed E-state index contributed by atoms with van der Waals surface area (Å²) in [5.74, 6) is 2.95. The van der Waals surface area contributed by atoms with E-state index < -0.39 is 0 Å². The van der Waals surface area contributed by atoms with Gasteiger partial charge in [0, 0.05) is 35.9 Å². The van der Waals surface area contributed by atoms with Crippen LogP contribution < -0.4 is 4.74 Å². The molecule has 4 heterocycles. The lowest BCUT2D eigenvalue weighted by molar-refractivity contribution is -0.136. The number of carbonyl (C=O) groups is 2. The lowest BCUT2D eigenvalue weighted by Crippen LogP contribution is -2.41. The first kappa shape index (κ1) is 34.8. The van der Waals surface area contributed by atoms with Crippen molar-refractivity contribution in [3.63, 3.8) is 0 Å². The fourth-order valence-corrected chi connectivity index (χ4v) is 8.49. The zero-order chi connectivity index (χ0) is 35.8. The minimum absolute atomic E-state index is 0.0207. The zero-order valence-corrected chi connectivity index (χ0v) is 31.0. The van der Waals surface area contributed by atoms with Crippen LogP contribution in [0.1, 0.15) is 129 Å². The van der Waals surface area contributed by atoms with Gasteiger partial charge >= 0.3 is 0 Å². The van der Waals surface area contributed by atoms with E-state index in [1.54, 1.807) is 0 Å². The molecule has 7 rings (SSSR count). The maximum Gasteiger partial charge on any atom is 0.223 e. The Balaban J connectivity index is 1.17. The molecule has 2 amide bonds. The van der Waals surface area contributed by atoms with E-state index in [0.29, 0.717) is 19.4 Å². The number of nitrogens with one attached hydrogen (secondary N) is 2. The third kappa shape index (κ3) is 6.29. The number of carbonyl (C=O) groups excluding carboxylic acids is 2. The largest absolute Gasteiger partial charge is 0.488 e. The zero-order valence-electron chi connectivity index (χ0n) is 31.0. The molecule has 0 unspecified atom stereocenters. The number of ether oxygens (including phenoxy) is 1. The van der Waals surface area contributed by atoms with Crippen LogP contribution in [0.2, 0.25) is 0 Å². The van der Waals surface area contributed by atoms with E-state index in [-0.39, 0.29) is 36.0 Å². The molecule has 2 aromatic heterocycles. The number of likely N-dealkylation sites (tertiary alicyclic amines) is 1. The molecule has 0 aliphatic carbocycles. The van der Waals surface area contributed by atoms with Crippen molar-refractivity contribution in [2.75, 3.05) is 0 Å². The van der Waals surface area contributed by atoms with Crippen molar-refractivity contribution in [3.05, 3.63) is 65.9 Å². The highest BCUT2D eigenvalue weighted by molar-refractivity contribution is 6.07. The number of imidazole rings is 2. The first-order valence-corrected chi connectivity index (χ1v) is 19.2. The molecule has 3 aromatic carbocycles. The SMILES string of the molecule is CCCC(=O)N(C(CC)CC)[C@@H](C)c1ncc(-c2ccc3c(c2)COc2cc4c(ccc5[nH]c([C@@H]6CC[C@H](CC)N6C(=O)CCC)nc54)cc2-3)[nH]1. The molecule has 1 saturated heterocycles. The van der Waals surface area contributed by atoms with Crippen molar-refractivity contribution < 1.29 is 14.3 Å². The van der Waals surface area contributed by atoms with Gasteiger partial charge in [-0.2, -0.15) is 0 Å². The van der Waals surface area contributed by atoms with Crippen molar-refractivity contribution >= 4 is 33.6 Å². The number of H-pyrrole nitrogens is 2. The lowest BCUT2D eigenvalue weighted by atomic mass is 9.92. The van der Waals surface area contributed by atoms with Gasteiger partial charge in [-0.15, -0.1) is 0 Å². The van der Waals surface area contributed by atoms with Gasteiger partial charge in [0.05, 0.1) is 35.0 Å². The number of benzene rings is 3. The van der Waals surface area contributed by atoms with Crippen LogP contribution in [0.3, 0.4) is 0 Å². The Morgan fingerprint density at radius 3 is 2.51 bits per heavy atom. The van der Waals surface area contributed by atoms with Gasteiger partial charge in [0.15, 0.2) is 0 Å². The molecular weight excluding hydrogens is 637 g/mol. The minimum Gasteiger partial charge on any atom is -0.488 e. The second-order valence-corrected chi connectivity index (χ2v) is 14.4. The number of hydrogen-bond acceptors (Lipinski definition) is 5. The average molecular weight is 689 g/mol. The van der Waals surface area contributed by atoms with Crippen molar-refractivity contribution in [1.29, 1.82) is 0 Å². The summed E-state index contributed by atoms with van der Waals surface area (Å²) in [4.78, 5) is 47.5. The summed E-state index contributed by atoms with van der Waals surface area (Å²) in [7, 11) is 0. The third-order valence-corrected chi connectivity index (χ3v) is 11.2. The van der Waals surface area contributed by atoms with E-state index in [0.717, 1.165) is 112 Å². The number of rotatable bonds is 12. The summed E-state index contributed by atoms with van der Waals surface area (Å²) in [6, 6.07) is 15.4. The minimum atomic E-state index is -0.144. The van der Waals surface area contributed by atoms with Crippen molar-refractivity contribution in [1.82, 2.24) is 29.7 Å². The molecule has 0 bridgehead atoms. The molecule has 3 atom stereocenters. The van der Waals surface area contributed by atoms with E-state index in [9.17, 15) is 9.59 Å². The van der Waals surface area contributed by atoms with E-state index >= 15 is 0 Å². The predicted molar refractivity (Wildman–Crippen MR) is 203 cm³/mol.